The molecule has 37 heavy (non-hydrogen) atoms. The van der Waals surface area contributed by atoms with E-state index in [1.54, 1.807) is 13.3 Å². The van der Waals surface area contributed by atoms with Gasteiger partial charge in [-0.3, -0.25) is 9.78 Å². The summed E-state index contributed by atoms with van der Waals surface area (Å²) in [5.74, 6) is 0.424. The lowest BCUT2D eigenvalue weighted by Gasteiger charge is -2.38. The van der Waals surface area contributed by atoms with Gasteiger partial charge in [0.05, 0.1) is 18.7 Å². The minimum atomic E-state index is -0.732. The zero-order valence-corrected chi connectivity index (χ0v) is 22.1. The molecule has 1 fully saturated rings. The van der Waals surface area contributed by atoms with Gasteiger partial charge in [-0.1, -0.05) is 29.8 Å². The molecule has 1 aliphatic heterocycles. The van der Waals surface area contributed by atoms with Gasteiger partial charge in [-0.25, -0.2) is 0 Å². The Morgan fingerprint density at radius 1 is 1.14 bits per heavy atom. The van der Waals surface area contributed by atoms with Gasteiger partial charge in [-0.2, -0.15) is 0 Å². The van der Waals surface area contributed by atoms with E-state index in [1.807, 2.05) is 24.3 Å². The Kier molecular flexibility index (Phi) is 9.53. The van der Waals surface area contributed by atoms with Crippen molar-refractivity contribution in [2.24, 2.45) is 11.8 Å². The number of likely N-dealkylation sites (tertiary alicyclic amines) is 1. The highest BCUT2D eigenvalue weighted by Crippen LogP contribution is 2.35. The predicted octanol–water partition coefficient (Wildman–Crippen LogP) is 5.80. The Labute approximate surface area is 220 Å². The summed E-state index contributed by atoms with van der Waals surface area (Å²) in [7, 11) is 1.63. The van der Waals surface area contributed by atoms with Gasteiger partial charge in [0.1, 0.15) is 5.75 Å². The van der Waals surface area contributed by atoms with Crippen molar-refractivity contribution in [1.82, 2.24) is 9.88 Å². The predicted molar refractivity (Wildman–Crippen MR) is 147 cm³/mol. The molecule has 2 heterocycles. The molecule has 0 bridgehead atoms. The fraction of sp³-hybridized carbons (Fsp3) is 0.484. The summed E-state index contributed by atoms with van der Waals surface area (Å²) in [4.78, 5) is 18.5. The zero-order chi connectivity index (χ0) is 26.2. The van der Waals surface area contributed by atoms with Crippen LogP contribution in [0, 0.1) is 18.8 Å². The van der Waals surface area contributed by atoms with Crippen LogP contribution in [0.15, 0.2) is 54.7 Å². The maximum atomic E-state index is 11.6. The molecule has 4 rings (SSSR count). The molecule has 3 atom stereocenters. The first-order chi connectivity index (χ1) is 17.9. The molecule has 0 aliphatic carbocycles. The van der Waals surface area contributed by atoms with Gasteiger partial charge in [0, 0.05) is 24.5 Å². The number of piperidine rings is 1. The van der Waals surface area contributed by atoms with Crippen LogP contribution in [-0.4, -0.2) is 52.8 Å². The van der Waals surface area contributed by atoms with E-state index in [2.05, 4.69) is 41.1 Å². The molecule has 0 saturated carbocycles. The van der Waals surface area contributed by atoms with Gasteiger partial charge in [-0.15, -0.1) is 0 Å². The fourth-order valence-electron chi connectivity index (χ4n) is 5.71. The molecule has 0 unspecified atom stereocenters. The maximum absolute atomic E-state index is 11.6. The molecule has 3 aromatic rings. The van der Waals surface area contributed by atoms with Crippen LogP contribution in [0.1, 0.15) is 61.3 Å². The number of aliphatic hydroxyl groups excluding tert-OH is 1. The first-order valence-corrected chi connectivity index (χ1v) is 13.5. The van der Waals surface area contributed by atoms with Crippen molar-refractivity contribution < 1.29 is 19.7 Å². The summed E-state index contributed by atoms with van der Waals surface area (Å²) in [5.41, 5.74) is 4.35. The van der Waals surface area contributed by atoms with Crippen LogP contribution in [0.25, 0.3) is 10.9 Å². The van der Waals surface area contributed by atoms with E-state index >= 15 is 0 Å². The molecule has 6 heteroatoms. The normalized spacial score (nSPS) is 19.1. The van der Waals surface area contributed by atoms with Crippen LogP contribution in [-0.2, 0) is 11.2 Å². The number of carboxylic acid groups (broad SMARTS) is 1. The smallest absolute Gasteiger partial charge is 0.303 e. The van der Waals surface area contributed by atoms with Crippen LogP contribution < -0.4 is 4.74 Å². The monoisotopic (exact) mass is 504 g/mol. The van der Waals surface area contributed by atoms with E-state index in [4.69, 9.17) is 4.74 Å². The Morgan fingerprint density at radius 3 is 2.70 bits per heavy atom. The van der Waals surface area contributed by atoms with Crippen molar-refractivity contribution in [1.29, 1.82) is 0 Å². The van der Waals surface area contributed by atoms with E-state index in [0.29, 0.717) is 12.3 Å². The van der Waals surface area contributed by atoms with Crippen LogP contribution in [0.4, 0.5) is 0 Å². The van der Waals surface area contributed by atoms with E-state index in [0.717, 1.165) is 74.0 Å². The number of methoxy groups -OCH3 is 1. The summed E-state index contributed by atoms with van der Waals surface area (Å²) in [5, 5.41) is 21.6. The summed E-state index contributed by atoms with van der Waals surface area (Å²) < 4.78 is 5.37. The van der Waals surface area contributed by atoms with E-state index in [-0.39, 0.29) is 12.3 Å². The number of benzene rings is 2. The fourth-order valence-corrected chi connectivity index (χ4v) is 5.71. The third kappa shape index (κ3) is 7.53. The highest BCUT2D eigenvalue weighted by atomic mass is 16.5. The second-order valence-electron chi connectivity index (χ2n) is 10.5. The second kappa shape index (κ2) is 13.0. The topological polar surface area (TPSA) is 82.9 Å². The molecule has 6 nitrogen and oxygen atoms in total. The molecule has 198 valence electrons. The number of aryl methyl sites for hydroxylation is 2. The molecule has 0 radical (unpaired) electrons. The SMILES string of the molecule is COc1ccc2nccc([C@@H](O)CC[C@@H]3CCN(CCCCc4ccc(C)cc4)C[C@@H]3CC(=O)O)c2c1. The first kappa shape index (κ1) is 27.1. The molecule has 2 N–H and O–H groups in total. The van der Waals surface area contributed by atoms with Crippen LogP contribution in [0.3, 0.4) is 0 Å². The van der Waals surface area contributed by atoms with Crippen LogP contribution in [0.2, 0.25) is 0 Å². The Bertz CT molecular complexity index is 1160. The number of fused-ring (bicyclic) bond motifs is 1. The largest absolute Gasteiger partial charge is 0.497 e. The lowest BCUT2D eigenvalue weighted by molar-refractivity contribution is -0.139. The highest BCUT2D eigenvalue weighted by molar-refractivity contribution is 5.83. The number of aromatic nitrogens is 1. The number of ether oxygens (including phenoxy) is 1. The summed E-state index contributed by atoms with van der Waals surface area (Å²) in [6, 6.07) is 16.3. The van der Waals surface area contributed by atoms with Gasteiger partial charge in [0.15, 0.2) is 0 Å². The first-order valence-electron chi connectivity index (χ1n) is 13.5. The second-order valence-corrected chi connectivity index (χ2v) is 10.5. The quantitative estimate of drug-likeness (QED) is 0.303. The van der Waals surface area contributed by atoms with Crippen LogP contribution in [0.5, 0.6) is 5.75 Å². The number of unbranched alkanes of at least 4 members (excludes halogenated alkanes) is 1. The Morgan fingerprint density at radius 2 is 1.95 bits per heavy atom. The molecule has 0 amide bonds. The minimum Gasteiger partial charge on any atom is -0.497 e. The average molecular weight is 505 g/mol. The van der Waals surface area contributed by atoms with Crippen molar-refractivity contribution in [3.8, 4) is 5.75 Å². The van der Waals surface area contributed by atoms with Gasteiger partial charge in [-0.05, 0) is 106 Å². The zero-order valence-electron chi connectivity index (χ0n) is 22.1. The van der Waals surface area contributed by atoms with Gasteiger partial charge >= 0.3 is 5.97 Å². The van der Waals surface area contributed by atoms with E-state index in [1.165, 1.54) is 11.1 Å². The number of hydrogen-bond acceptors (Lipinski definition) is 5. The number of aliphatic carboxylic acids is 1. The van der Waals surface area contributed by atoms with E-state index in [9.17, 15) is 15.0 Å². The minimum absolute atomic E-state index is 0.116. The Hall–Kier alpha value is -2.96. The Balaban J connectivity index is 1.30. The summed E-state index contributed by atoms with van der Waals surface area (Å²) in [6.07, 6.45) is 7.05. The van der Waals surface area contributed by atoms with Gasteiger partial charge < -0.3 is 19.8 Å². The third-order valence-corrected chi connectivity index (χ3v) is 7.88. The van der Waals surface area contributed by atoms with E-state index < -0.39 is 12.1 Å². The standard InChI is InChI=1S/C31H40N2O4/c1-22-6-8-23(9-7-22)5-3-4-17-33-18-15-24(25(21-33)19-31(35)36)10-13-30(34)27-14-16-32-29-12-11-26(37-2)20-28(27)29/h6-9,11-12,14,16,20,24-25,30,34H,3-5,10,13,15,17-19,21H2,1-2H3,(H,35,36)/t24-,25+,30+/m1/s1. The van der Waals surface area contributed by atoms with Crippen molar-refractivity contribution in [3.63, 3.8) is 0 Å². The molecular weight excluding hydrogens is 464 g/mol. The van der Waals surface area contributed by atoms with Crippen molar-refractivity contribution in [2.75, 3.05) is 26.7 Å². The molecular formula is C31H40N2O4. The molecule has 1 aliphatic rings. The lowest BCUT2D eigenvalue weighted by Crippen LogP contribution is -2.41. The van der Waals surface area contributed by atoms with Crippen molar-refractivity contribution >= 4 is 16.9 Å². The number of hydrogen-bond donors (Lipinski definition) is 2. The summed E-state index contributed by atoms with van der Waals surface area (Å²) >= 11 is 0. The lowest BCUT2D eigenvalue weighted by atomic mass is 9.79. The third-order valence-electron chi connectivity index (χ3n) is 7.88. The number of pyridine rings is 1. The van der Waals surface area contributed by atoms with Crippen LogP contribution >= 0.6 is 0 Å². The summed E-state index contributed by atoms with van der Waals surface area (Å²) in [6.45, 7) is 4.95. The van der Waals surface area contributed by atoms with Gasteiger partial charge in [0.25, 0.3) is 0 Å². The highest BCUT2D eigenvalue weighted by Gasteiger charge is 2.31. The number of carbonyl (C=O) groups is 1. The van der Waals surface area contributed by atoms with Crippen molar-refractivity contribution in [3.05, 3.63) is 71.4 Å². The molecule has 1 aromatic heterocycles. The number of carboxylic acids is 1. The maximum Gasteiger partial charge on any atom is 0.303 e. The number of aliphatic hydroxyl groups is 1. The molecule has 1 saturated heterocycles. The molecule has 0 spiro atoms. The number of nitrogens with zero attached hydrogens (tertiary/aromatic N) is 2. The number of rotatable bonds is 12. The van der Waals surface area contributed by atoms with Crippen molar-refractivity contribution in [2.45, 2.75) is 58.0 Å². The average Bonchev–Trinajstić information content (AvgIpc) is 2.90. The molecule has 2 aromatic carbocycles. The van der Waals surface area contributed by atoms with Gasteiger partial charge in [0.2, 0.25) is 0 Å².